The molecule has 1 atom stereocenters. The molecule has 2 N–H and O–H groups in total. The molecule has 1 aliphatic carbocycles. The van der Waals surface area contributed by atoms with E-state index in [1.807, 2.05) is 0 Å². The Hall–Kier alpha value is -1.13. The van der Waals surface area contributed by atoms with Crippen molar-refractivity contribution in [2.24, 2.45) is 11.7 Å². The Labute approximate surface area is 114 Å². The third-order valence-electron chi connectivity index (χ3n) is 4.04. The van der Waals surface area contributed by atoms with E-state index in [9.17, 15) is 0 Å². The molecule has 0 bridgehead atoms. The topological polar surface area (TPSA) is 57.4 Å². The van der Waals surface area contributed by atoms with Gasteiger partial charge in [0.15, 0.2) is 0 Å². The second-order valence-electron chi connectivity index (χ2n) is 5.51. The predicted octanol–water partition coefficient (Wildman–Crippen LogP) is 1.83. The fourth-order valence-corrected chi connectivity index (χ4v) is 2.85. The highest BCUT2D eigenvalue weighted by Crippen LogP contribution is 2.26. The first-order chi connectivity index (χ1) is 9.36. The second-order valence-corrected chi connectivity index (χ2v) is 5.51. The quantitative estimate of drug-likeness (QED) is 0.899. The van der Waals surface area contributed by atoms with Crippen molar-refractivity contribution in [2.45, 2.75) is 38.6 Å². The Bertz CT molecular complexity index is 442. The zero-order chi connectivity index (χ0) is 13.1. The highest BCUT2D eigenvalue weighted by Gasteiger charge is 2.19. The number of fused-ring (bicyclic) bond motifs is 1. The maximum atomic E-state index is 5.91. The van der Waals surface area contributed by atoms with Crippen LogP contribution in [0.1, 0.15) is 36.1 Å². The largest absolute Gasteiger partial charge is 0.477 e. The van der Waals surface area contributed by atoms with Crippen LogP contribution in [-0.4, -0.2) is 24.8 Å². The van der Waals surface area contributed by atoms with Crippen LogP contribution >= 0.6 is 0 Å². The molecule has 1 aliphatic heterocycles. The zero-order valence-corrected chi connectivity index (χ0v) is 11.4. The Morgan fingerprint density at radius 3 is 3.05 bits per heavy atom. The van der Waals surface area contributed by atoms with Crippen LogP contribution in [0.15, 0.2) is 6.07 Å². The fraction of sp³-hybridized carbons (Fsp3) is 0.667. The molecule has 4 heteroatoms. The highest BCUT2D eigenvalue weighted by molar-refractivity contribution is 5.35. The van der Waals surface area contributed by atoms with Crippen molar-refractivity contribution < 1.29 is 9.47 Å². The highest BCUT2D eigenvalue weighted by atomic mass is 16.5. The molecule has 1 aromatic rings. The normalized spacial score (nSPS) is 22.3. The number of rotatable bonds is 4. The summed E-state index contributed by atoms with van der Waals surface area (Å²) in [5, 5.41) is 0. The van der Waals surface area contributed by atoms with Gasteiger partial charge < -0.3 is 15.2 Å². The minimum Gasteiger partial charge on any atom is -0.477 e. The van der Waals surface area contributed by atoms with Crippen LogP contribution in [0, 0.1) is 5.92 Å². The van der Waals surface area contributed by atoms with Crippen molar-refractivity contribution in [3.05, 3.63) is 22.9 Å². The van der Waals surface area contributed by atoms with E-state index < -0.39 is 0 Å². The lowest BCUT2D eigenvalue weighted by atomic mass is 9.95. The van der Waals surface area contributed by atoms with Crippen molar-refractivity contribution in [3.8, 4) is 5.88 Å². The summed E-state index contributed by atoms with van der Waals surface area (Å²) in [4.78, 5) is 4.70. The van der Waals surface area contributed by atoms with Gasteiger partial charge in [0.2, 0.25) is 5.88 Å². The Morgan fingerprint density at radius 2 is 2.26 bits per heavy atom. The number of aryl methyl sites for hydroxylation is 2. The minimum absolute atomic E-state index is 0.497. The van der Waals surface area contributed by atoms with Crippen molar-refractivity contribution in [1.82, 2.24) is 4.98 Å². The van der Waals surface area contributed by atoms with Gasteiger partial charge in [0.05, 0.1) is 13.2 Å². The first-order valence-electron chi connectivity index (χ1n) is 7.29. The van der Waals surface area contributed by atoms with Gasteiger partial charge in [-0.05, 0) is 43.7 Å². The van der Waals surface area contributed by atoms with Gasteiger partial charge in [-0.2, -0.15) is 0 Å². The Balaban J connectivity index is 1.74. The summed E-state index contributed by atoms with van der Waals surface area (Å²) in [7, 11) is 0. The van der Waals surface area contributed by atoms with Crippen LogP contribution in [0.25, 0.3) is 0 Å². The van der Waals surface area contributed by atoms with E-state index in [1.165, 1.54) is 24.1 Å². The molecular formula is C15H22N2O2. The molecule has 0 spiro atoms. The molecule has 2 aliphatic rings. The van der Waals surface area contributed by atoms with Gasteiger partial charge in [0, 0.05) is 30.3 Å². The smallest absolute Gasteiger partial charge is 0.218 e. The average Bonchev–Trinajstić information content (AvgIpc) is 2.97. The summed E-state index contributed by atoms with van der Waals surface area (Å²) in [6, 6.07) is 2.20. The summed E-state index contributed by atoms with van der Waals surface area (Å²) in [5.74, 6) is 1.25. The molecule has 0 aromatic carbocycles. The van der Waals surface area contributed by atoms with Crippen LogP contribution < -0.4 is 10.5 Å². The van der Waals surface area contributed by atoms with Gasteiger partial charge in [0.1, 0.15) is 0 Å². The molecule has 1 fully saturated rings. The predicted molar refractivity (Wildman–Crippen MR) is 73.2 cm³/mol. The molecule has 3 rings (SSSR count). The molecule has 104 valence electrons. The molecule has 4 nitrogen and oxygen atoms in total. The molecule has 1 aromatic heterocycles. The summed E-state index contributed by atoms with van der Waals surface area (Å²) in [5.41, 5.74) is 9.44. The maximum absolute atomic E-state index is 5.91. The Kier molecular flexibility index (Phi) is 3.99. The molecular weight excluding hydrogens is 240 g/mol. The number of pyridine rings is 1. The van der Waals surface area contributed by atoms with Crippen molar-refractivity contribution in [1.29, 1.82) is 0 Å². The van der Waals surface area contributed by atoms with Gasteiger partial charge in [-0.3, -0.25) is 0 Å². The first-order valence-corrected chi connectivity index (χ1v) is 7.29. The number of nitrogens with zero attached hydrogens (tertiary/aromatic N) is 1. The van der Waals surface area contributed by atoms with Gasteiger partial charge >= 0.3 is 0 Å². The van der Waals surface area contributed by atoms with Crippen molar-refractivity contribution >= 4 is 0 Å². The SMILES string of the molecule is NCc1cc2c(nc1OCC1CCOC1)CCCC2. The van der Waals surface area contributed by atoms with E-state index in [4.69, 9.17) is 20.2 Å². The van der Waals surface area contributed by atoms with E-state index in [-0.39, 0.29) is 0 Å². The van der Waals surface area contributed by atoms with Gasteiger partial charge in [-0.15, -0.1) is 0 Å². The molecule has 0 saturated carbocycles. The molecule has 1 unspecified atom stereocenters. The third-order valence-corrected chi connectivity index (χ3v) is 4.04. The van der Waals surface area contributed by atoms with E-state index in [2.05, 4.69) is 6.07 Å². The minimum atomic E-state index is 0.497. The first kappa shape index (κ1) is 12.9. The second kappa shape index (κ2) is 5.88. The van der Waals surface area contributed by atoms with E-state index in [0.29, 0.717) is 19.1 Å². The Morgan fingerprint density at radius 1 is 1.37 bits per heavy atom. The number of nitrogens with two attached hydrogens (primary N) is 1. The summed E-state index contributed by atoms with van der Waals surface area (Å²) in [6.45, 7) is 2.86. The molecule has 0 amide bonds. The third kappa shape index (κ3) is 2.90. The number of aromatic nitrogens is 1. The lowest BCUT2D eigenvalue weighted by molar-refractivity contribution is 0.165. The van der Waals surface area contributed by atoms with Crippen molar-refractivity contribution in [3.63, 3.8) is 0 Å². The molecule has 1 saturated heterocycles. The monoisotopic (exact) mass is 262 g/mol. The van der Waals surface area contributed by atoms with Crippen molar-refractivity contribution in [2.75, 3.05) is 19.8 Å². The number of hydrogen-bond acceptors (Lipinski definition) is 4. The summed E-state index contributed by atoms with van der Waals surface area (Å²) < 4.78 is 11.3. The van der Waals surface area contributed by atoms with E-state index in [1.54, 1.807) is 0 Å². The van der Waals surface area contributed by atoms with E-state index in [0.717, 1.165) is 43.9 Å². The van der Waals surface area contributed by atoms with E-state index >= 15 is 0 Å². The lowest BCUT2D eigenvalue weighted by Crippen LogP contribution is -2.16. The van der Waals surface area contributed by atoms with Crippen LogP contribution in [0.2, 0.25) is 0 Å². The molecule has 2 heterocycles. The van der Waals surface area contributed by atoms with Gasteiger partial charge in [0.25, 0.3) is 0 Å². The molecule has 0 radical (unpaired) electrons. The summed E-state index contributed by atoms with van der Waals surface area (Å²) in [6.07, 6.45) is 5.79. The standard InChI is InChI=1S/C15H22N2O2/c16-8-13-7-12-3-1-2-4-14(12)17-15(13)19-10-11-5-6-18-9-11/h7,11H,1-6,8-10,16H2. The fourth-order valence-electron chi connectivity index (χ4n) is 2.85. The van der Waals surface area contributed by atoms with Crippen LogP contribution in [0.4, 0.5) is 0 Å². The van der Waals surface area contributed by atoms with Crippen LogP contribution in [-0.2, 0) is 24.1 Å². The summed E-state index contributed by atoms with van der Waals surface area (Å²) >= 11 is 0. The maximum Gasteiger partial charge on any atom is 0.218 e. The number of ether oxygens (including phenoxy) is 2. The van der Waals surface area contributed by atoms with Crippen LogP contribution in [0.3, 0.4) is 0 Å². The zero-order valence-electron chi connectivity index (χ0n) is 11.4. The molecule has 19 heavy (non-hydrogen) atoms. The average molecular weight is 262 g/mol. The lowest BCUT2D eigenvalue weighted by Gasteiger charge is -2.19. The van der Waals surface area contributed by atoms with Crippen LogP contribution in [0.5, 0.6) is 5.88 Å². The number of hydrogen-bond donors (Lipinski definition) is 1. The van der Waals surface area contributed by atoms with Gasteiger partial charge in [-0.25, -0.2) is 4.98 Å². The van der Waals surface area contributed by atoms with Gasteiger partial charge in [-0.1, -0.05) is 0 Å².